The zero-order valence-electron chi connectivity index (χ0n) is 12.7. The lowest BCUT2D eigenvalue weighted by molar-refractivity contribution is 0.288. The quantitative estimate of drug-likeness (QED) is 0.785. The van der Waals surface area contributed by atoms with E-state index < -0.39 is 0 Å². The van der Waals surface area contributed by atoms with Crippen LogP contribution in [0.25, 0.3) is 0 Å². The first kappa shape index (κ1) is 15.7. The molecule has 112 valence electrons. The van der Waals surface area contributed by atoms with Gasteiger partial charge in [0.15, 0.2) is 0 Å². The van der Waals surface area contributed by atoms with E-state index in [2.05, 4.69) is 30.9 Å². The molecule has 0 bridgehead atoms. The lowest BCUT2D eigenvalue weighted by atomic mass is 9.81. The van der Waals surface area contributed by atoms with E-state index in [0.717, 1.165) is 24.5 Å². The lowest BCUT2D eigenvalue weighted by Gasteiger charge is -2.32. The predicted octanol–water partition coefficient (Wildman–Crippen LogP) is 4.46. The fourth-order valence-corrected chi connectivity index (χ4v) is 3.27. The van der Waals surface area contributed by atoms with Crippen molar-refractivity contribution in [3.8, 4) is 0 Å². The highest BCUT2D eigenvalue weighted by Gasteiger charge is 2.35. The highest BCUT2D eigenvalue weighted by Crippen LogP contribution is 2.32. The number of unbranched alkanes of at least 4 members (excludes halogenated alkanes) is 2. The van der Waals surface area contributed by atoms with E-state index in [1.54, 1.807) is 0 Å². The summed E-state index contributed by atoms with van der Waals surface area (Å²) in [5, 5.41) is 0.799. The molecule has 0 spiro atoms. The first-order chi connectivity index (χ1) is 9.53. The van der Waals surface area contributed by atoms with Crippen molar-refractivity contribution in [1.82, 2.24) is 0 Å². The molecule has 1 aromatic rings. The van der Waals surface area contributed by atoms with Gasteiger partial charge in [0.1, 0.15) is 0 Å². The number of halogens is 1. The van der Waals surface area contributed by atoms with Gasteiger partial charge in [0.05, 0.1) is 0 Å². The van der Waals surface area contributed by atoms with Crippen LogP contribution in [0.3, 0.4) is 0 Å². The van der Waals surface area contributed by atoms with Gasteiger partial charge in [0.2, 0.25) is 0 Å². The summed E-state index contributed by atoms with van der Waals surface area (Å²) in [4.78, 5) is 2.44. The zero-order valence-corrected chi connectivity index (χ0v) is 13.5. The number of rotatable bonds is 6. The molecular formula is C17H27ClN2. The highest BCUT2D eigenvalue weighted by atomic mass is 35.5. The van der Waals surface area contributed by atoms with Gasteiger partial charge in [0.25, 0.3) is 0 Å². The fourth-order valence-electron chi connectivity index (χ4n) is 3.14. The molecule has 20 heavy (non-hydrogen) atoms. The van der Waals surface area contributed by atoms with Crippen LogP contribution >= 0.6 is 11.6 Å². The molecule has 0 aromatic heterocycles. The van der Waals surface area contributed by atoms with Gasteiger partial charge in [0, 0.05) is 29.3 Å². The maximum Gasteiger partial charge on any atom is 0.0407 e. The Labute approximate surface area is 128 Å². The molecular weight excluding hydrogens is 268 g/mol. The van der Waals surface area contributed by atoms with E-state index in [9.17, 15) is 0 Å². The minimum atomic E-state index is -0.0314. The summed E-state index contributed by atoms with van der Waals surface area (Å²) in [7, 11) is 0. The van der Waals surface area contributed by atoms with Crippen LogP contribution in [0.1, 0.15) is 46.0 Å². The molecule has 1 aliphatic heterocycles. The summed E-state index contributed by atoms with van der Waals surface area (Å²) in [6, 6.07) is 8.14. The van der Waals surface area contributed by atoms with Crippen LogP contribution in [0.15, 0.2) is 24.3 Å². The molecule has 1 fully saturated rings. The summed E-state index contributed by atoms with van der Waals surface area (Å²) in [6.07, 6.45) is 6.14. The fraction of sp³-hybridized carbons (Fsp3) is 0.647. The average molecular weight is 295 g/mol. The van der Waals surface area contributed by atoms with Crippen LogP contribution in [-0.4, -0.2) is 18.6 Å². The van der Waals surface area contributed by atoms with Gasteiger partial charge in [-0.2, -0.15) is 0 Å². The normalized spacial score (nSPS) is 22.0. The van der Waals surface area contributed by atoms with Crippen LogP contribution in [0, 0.1) is 5.92 Å². The summed E-state index contributed by atoms with van der Waals surface area (Å²) >= 11 is 5.95. The van der Waals surface area contributed by atoms with Crippen molar-refractivity contribution in [2.45, 2.75) is 51.5 Å². The Morgan fingerprint density at radius 3 is 2.65 bits per heavy atom. The van der Waals surface area contributed by atoms with Gasteiger partial charge >= 0.3 is 0 Å². The molecule has 1 aliphatic rings. The highest BCUT2D eigenvalue weighted by molar-refractivity contribution is 6.30. The molecule has 2 rings (SSSR count). The van der Waals surface area contributed by atoms with Crippen molar-refractivity contribution in [2.24, 2.45) is 11.7 Å². The van der Waals surface area contributed by atoms with Gasteiger partial charge in [-0.15, -0.1) is 0 Å². The molecule has 0 radical (unpaired) electrons. The van der Waals surface area contributed by atoms with E-state index >= 15 is 0 Å². The van der Waals surface area contributed by atoms with Crippen molar-refractivity contribution in [3.63, 3.8) is 0 Å². The first-order valence-electron chi connectivity index (χ1n) is 7.82. The monoisotopic (exact) mass is 294 g/mol. The third-order valence-electron chi connectivity index (χ3n) is 4.63. The van der Waals surface area contributed by atoms with Crippen LogP contribution in [0.5, 0.6) is 0 Å². The lowest BCUT2D eigenvalue weighted by Crippen LogP contribution is -2.45. The van der Waals surface area contributed by atoms with E-state index in [1.807, 2.05) is 12.1 Å². The third-order valence-corrected chi connectivity index (χ3v) is 4.88. The Morgan fingerprint density at radius 2 is 2.00 bits per heavy atom. The van der Waals surface area contributed by atoms with Crippen molar-refractivity contribution >= 4 is 17.3 Å². The van der Waals surface area contributed by atoms with Crippen LogP contribution in [0.2, 0.25) is 5.02 Å². The average Bonchev–Trinajstić information content (AvgIpc) is 2.90. The number of benzene rings is 1. The van der Waals surface area contributed by atoms with Crippen LogP contribution < -0.4 is 10.6 Å². The first-order valence-corrected chi connectivity index (χ1v) is 8.20. The van der Waals surface area contributed by atoms with Gasteiger partial charge in [-0.25, -0.2) is 0 Å². The molecule has 0 amide bonds. The molecule has 3 heteroatoms. The molecule has 2 N–H and O–H groups in total. The molecule has 1 saturated heterocycles. The van der Waals surface area contributed by atoms with E-state index in [-0.39, 0.29) is 5.54 Å². The molecule has 2 nitrogen and oxygen atoms in total. The number of hydrogen-bond acceptors (Lipinski definition) is 2. The minimum Gasteiger partial charge on any atom is -0.371 e. The van der Waals surface area contributed by atoms with Gasteiger partial charge in [-0.1, -0.05) is 37.8 Å². The predicted molar refractivity (Wildman–Crippen MR) is 88.5 cm³/mol. The van der Waals surface area contributed by atoms with Gasteiger partial charge in [-0.05, 0) is 49.9 Å². The van der Waals surface area contributed by atoms with Crippen molar-refractivity contribution in [3.05, 3.63) is 29.3 Å². The number of anilines is 1. The summed E-state index contributed by atoms with van der Waals surface area (Å²) in [6.45, 7) is 6.65. The molecule has 0 aliphatic carbocycles. The largest absolute Gasteiger partial charge is 0.371 e. The summed E-state index contributed by atoms with van der Waals surface area (Å²) in [5.74, 6) is 0.593. The topological polar surface area (TPSA) is 29.3 Å². The molecule has 2 unspecified atom stereocenters. The maximum atomic E-state index is 6.58. The molecule has 2 atom stereocenters. The molecule has 1 aromatic carbocycles. The Kier molecular flexibility index (Phi) is 5.34. The second-order valence-corrected chi connectivity index (χ2v) is 6.81. The van der Waals surface area contributed by atoms with E-state index in [0.29, 0.717) is 5.92 Å². The van der Waals surface area contributed by atoms with Gasteiger partial charge < -0.3 is 10.6 Å². The SMILES string of the molecule is CCCCCC(C)(N)C1CCN(c2ccc(Cl)cc2)C1. The molecule has 1 heterocycles. The van der Waals surface area contributed by atoms with Gasteiger partial charge in [-0.3, -0.25) is 0 Å². The van der Waals surface area contributed by atoms with Crippen molar-refractivity contribution in [1.29, 1.82) is 0 Å². The van der Waals surface area contributed by atoms with Crippen molar-refractivity contribution < 1.29 is 0 Å². The van der Waals surface area contributed by atoms with Crippen LogP contribution in [-0.2, 0) is 0 Å². The smallest absolute Gasteiger partial charge is 0.0407 e. The summed E-state index contributed by atoms with van der Waals surface area (Å²) < 4.78 is 0. The number of nitrogens with zero attached hydrogens (tertiary/aromatic N) is 1. The molecule has 0 saturated carbocycles. The zero-order chi connectivity index (χ0) is 14.6. The minimum absolute atomic E-state index is 0.0314. The second-order valence-electron chi connectivity index (χ2n) is 6.37. The third kappa shape index (κ3) is 3.89. The Morgan fingerprint density at radius 1 is 1.30 bits per heavy atom. The number of nitrogens with two attached hydrogens (primary N) is 1. The number of hydrogen-bond donors (Lipinski definition) is 1. The second kappa shape index (κ2) is 6.82. The van der Waals surface area contributed by atoms with Crippen molar-refractivity contribution in [2.75, 3.05) is 18.0 Å². The standard InChI is InChI=1S/C17H27ClN2/c1-3-4-5-11-17(2,19)14-10-12-20(13-14)16-8-6-15(18)7-9-16/h6-9,14H,3-5,10-13,19H2,1-2H3. The summed E-state index contributed by atoms with van der Waals surface area (Å²) in [5.41, 5.74) is 7.81. The Hall–Kier alpha value is -0.730. The maximum absolute atomic E-state index is 6.58. The Bertz CT molecular complexity index is 414. The van der Waals surface area contributed by atoms with E-state index in [1.165, 1.54) is 31.4 Å². The van der Waals surface area contributed by atoms with Crippen LogP contribution in [0.4, 0.5) is 5.69 Å². The van der Waals surface area contributed by atoms with E-state index in [4.69, 9.17) is 17.3 Å². The Balaban J connectivity index is 1.92.